The Morgan fingerprint density at radius 2 is 1.76 bits per heavy atom. The minimum Gasteiger partial charge on any atom is -0.492 e. The quantitative estimate of drug-likeness (QED) is 0.744. The summed E-state index contributed by atoms with van der Waals surface area (Å²) in [5, 5.41) is 0. The van der Waals surface area contributed by atoms with Gasteiger partial charge in [0, 0.05) is 50.3 Å². The van der Waals surface area contributed by atoms with E-state index in [0.29, 0.717) is 0 Å². The zero-order chi connectivity index (χ0) is 15.1. The molecule has 1 aromatic rings. The molecule has 118 valence electrons. The Labute approximate surface area is 136 Å². The molecular formula is C16H26BrN3O. The number of nitrogens with zero attached hydrogens (tertiary/aromatic N) is 3. The van der Waals surface area contributed by atoms with Crippen molar-refractivity contribution in [3.63, 3.8) is 0 Å². The highest BCUT2D eigenvalue weighted by atomic mass is 79.9. The zero-order valence-corrected chi connectivity index (χ0v) is 14.7. The standard InChI is InChI=1S/C16H26BrN3O/c1-18(2)6-7-19-8-10-20(11-9-19)12-13-21-16-5-3-4-15(17)14-16/h3-5,14H,6-13H2,1-2H3. The van der Waals surface area contributed by atoms with Crippen LogP contribution in [0.25, 0.3) is 0 Å². The molecule has 1 fully saturated rings. The van der Waals surface area contributed by atoms with Crippen molar-refractivity contribution in [1.29, 1.82) is 0 Å². The van der Waals surface area contributed by atoms with Crippen molar-refractivity contribution in [3.8, 4) is 5.75 Å². The van der Waals surface area contributed by atoms with Gasteiger partial charge in [-0.2, -0.15) is 0 Å². The second-order valence-corrected chi connectivity index (χ2v) is 6.71. The summed E-state index contributed by atoms with van der Waals surface area (Å²) in [6, 6.07) is 8.03. The second kappa shape index (κ2) is 8.73. The maximum atomic E-state index is 5.80. The summed E-state index contributed by atoms with van der Waals surface area (Å²) in [6.07, 6.45) is 0. The van der Waals surface area contributed by atoms with Gasteiger partial charge in [0.2, 0.25) is 0 Å². The maximum absolute atomic E-state index is 5.80. The first-order valence-corrected chi connectivity index (χ1v) is 8.40. The largest absolute Gasteiger partial charge is 0.492 e. The van der Waals surface area contributed by atoms with Gasteiger partial charge >= 0.3 is 0 Å². The number of likely N-dealkylation sites (N-methyl/N-ethyl adjacent to an activating group) is 1. The summed E-state index contributed by atoms with van der Waals surface area (Å²) in [7, 11) is 4.27. The lowest BCUT2D eigenvalue weighted by molar-refractivity contribution is 0.112. The molecule has 1 aliphatic rings. The summed E-state index contributed by atoms with van der Waals surface area (Å²) in [4.78, 5) is 7.29. The smallest absolute Gasteiger partial charge is 0.120 e. The van der Waals surface area contributed by atoms with E-state index in [-0.39, 0.29) is 0 Å². The fraction of sp³-hybridized carbons (Fsp3) is 0.625. The highest BCUT2D eigenvalue weighted by Gasteiger charge is 2.16. The van der Waals surface area contributed by atoms with Gasteiger partial charge in [0.05, 0.1) is 0 Å². The number of hydrogen-bond donors (Lipinski definition) is 0. The molecule has 1 saturated heterocycles. The number of hydrogen-bond acceptors (Lipinski definition) is 4. The molecule has 0 unspecified atom stereocenters. The van der Waals surface area contributed by atoms with Gasteiger partial charge in [-0.3, -0.25) is 9.80 Å². The van der Waals surface area contributed by atoms with Gasteiger partial charge in [-0.15, -0.1) is 0 Å². The van der Waals surface area contributed by atoms with E-state index in [1.807, 2.05) is 24.3 Å². The van der Waals surface area contributed by atoms with Crippen molar-refractivity contribution in [2.45, 2.75) is 0 Å². The van der Waals surface area contributed by atoms with E-state index in [1.54, 1.807) is 0 Å². The van der Waals surface area contributed by atoms with Crippen LogP contribution in [0, 0.1) is 0 Å². The highest BCUT2D eigenvalue weighted by Crippen LogP contribution is 2.17. The van der Waals surface area contributed by atoms with Crippen LogP contribution in [0.5, 0.6) is 5.75 Å². The predicted octanol–water partition coefficient (Wildman–Crippen LogP) is 2.01. The van der Waals surface area contributed by atoms with Gasteiger partial charge in [-0.05, 0) is 32.3 Å². The predicted molar refractivity (Wildman–Crippen MR) is 91.1 cm³/mol. The lowest BCUT2D eigenvalue weighted by atomic mass is 10.3. The zero-order valence-electron chi connectivity index (χ0n) is 13.1. The molecule has 0 N–H and O–H groups in total. The van der Waals surface area contributed by atoms with Crippen LogP contribution in [-0.4, -0.2) is 81.2 Å². The fourth-order valence-corrected chi connectivity index (χ4v) is 2.81. The summed E-state index contributed by atoms with van der Waals surface area (Å²) >= 11 is 3.46. The molecule has 0 spiro atoms. The number of ether oxygens (including phenoxy) is 1. The summed E-state index contributed by atoms with van der Waals surface area (Å²) in [6.45, 7) is 8.73. The van der Waals surface area contributed by atoms with Crippen LogP contribution in [0.3, 0.4) is 0 Å². The van der Waals surface area contributed by atoms with Crippen LogP contribution >= 0.6 is 15.9 Å². The fourth-order valence-electron chi connectivity index (χ4n) is 2.43. The van der Waals surface area contributed by atoms with Crippen LogP contribution in [0.2, 0.25) is 0 Å². The monoisotopic (exact) mass is 355 g/mol. The molecule has 0 aliphatic carbocycles. The van der Waals surface area contributed by atoms with E-state index >= 15 is 0 Å². The van der Waals surface area contributed by atoms with Gasteiger partial charge in [0.25, 0.3) is 0 Å². The number of rotatable bonds is 7. The van der Waals surface area contributed by atoms with Crippen LogP contribution in [0.1, 0.15) is 0 Å². The molecule has 0 radical (unpaired) electrons. The molecule has 0 bridgehead atoms. The van der Waals surface area contributed by atoms with Gasteiger partial charge in [-0.1, -0.05) is 22.0 Å². The molecule has 0 amide bonds. The molecule has 1 aromatic carbocycles. The van der Waals surface area contributed by atoms with Crippen molar-refractivity contribution in [2.24, 2.45) is 0 Å². The van der Waals surface area contributed by atoms with E-state index in [9.17, 15) is 0 Å². The van der Waals surface area contributed by atoms with Gasteiger partial charge in [0.1, 0.15) is 12.4 Å². The van der Waals surface area contributed by atoms with E-state index < -0.39 is 0 Å². The molecule has 0 atom stereocenters. The van der Waals surface area contributed by atoms with Crippen molar-refractivity contribution in [3.05, 3.63) is 28.7 Å². The molecule has 21 heavy (non-hydrogen) atoms. The van der Waals surface area contributed by atoms with Crippen LogP contribution in [0.15, 0.2) is 28.7 Å². The number of benzene rings is 1. The Bertz CT molecular complexity index is 420. The average molecular weight is 356 g/mol. The molecule has 1 aliphatic heterocycles. The third kappa shape index (κ3) is 6.34. The van der Waals surface area contributed by atoms with E-state index in [4.69, 9.17) is 4.74 Å². The van der Waals surface area contributed by atoms with Gasteiger partial charge in [0.15, 0.2) is 0 Å². The van der Waals surface area contributed by atoms with Crippen molar-refractivity contribution in [2.75, 3.05) is 66.5 Å². The Kier molecular flexibility index (Phi) is 6.96. The third-order valence-electron chi connectivity index (χ3n) is 3.80. The topological polar surface area (TPSA) is 19.0 Å². The summed E-state index contributed by atoms with van der Waals surface area (Å²) in [5.74, 6) is 0.939. The SMILES string of the molecule is CN(C)CCN1CCN(CCOc2cccc(Br)c2)CC1. The molecule has 5 heteroatoms. The first-order chi connectivity index (χ1) is 10.1. The first-order valence-electron chi connectivity index (χ1n) is 7.61. The first kappa shape index (κ1) is 16.7. The normalized spacial score (nSPS) is 17.3. The molecule has 0 aromatic heterocycles. The van der Waals surface area contributed by atoms with Crippen LogP contribution in [-0.2, 0) is 0 Å². The minimum absolute atomic E-state index is 0.758. The highest BCUT2D eigenvalue weighted by molar-refractivity contribution is 9.10. The summed E-state index contributed by atoms with van der Waals surface area (Å²) in [5.41, 5.74) is 0. The van der Waals surface area contributed by atoms with E-state index in [1.165, 1.54) is 19.6 Å². The number of halogens is 1. The van der Waals surface area contributed by atoms with Crippen molar-refractivity contribution < 1.29 is 4.74 Å². The second-order valence-electron chi connectivity index (χ2n) is 5.79. The summed E-state index contributed by atoms with van der Waals surface area (Å²) < 4.78 is 6.87. The Morgan fingerprint density at radius 1 is 1.10 bits per heavy atom. The van der Waals surface area contributed by atoms with Crippen LogP contribution < -0.4 is 4.74 Å². The Balaban J connectivity index is 1.60. The lowest BCUT2D eigenvalue weighted by Crippen LogP contribution is -2.48. The third-order valence-corrected chi connectivity index (χ3v) is 4.29. The van der Waals surface area contributed by atoms with Crippen molar-refractivity contribution in [1.82, 2.24) is 14.7 Å². The van der Waals surface area contributed by atoms with Gasteiger partial charge < -0.3 is 9.64 Å². The minimum atomic E-state index is 0.758. The Hall–Kier alpha value is -0.620. The van der Waals surface area contributed by atoms with Crippen molar-refractivity contribution >= 4 is 15.9 Å². The molecule has 0 saturated carbocycles. The molecule has 2 rings (SSSR count). The number of piperazine rings is 1. The molecule has 1 heterocycles. The van der Waals surface area contributed by atoms with E-state index in [2.05, 4.69) is 44.7 Å². The van der Waals surface area contributed by atoms with Crippen LogP contribution in [0.4, 0.5) is 0 Å². The van der Waals surface area contributed by atoms with E-state index in [0.717, 1.165) is 43.0 Å². The lowest BCUT2D eigenvalue weighted by Gasteiger charge is -2.35. The Morgan fingerprint density at radius 3 is 2.38 bits per heavy atom. The molecular weight excluding hydrogens is 330 g/mol. The average Bonchev–Trinajstić information content (AvgIpc) is 2.46. The van der Waals surface area contributed by atoms with Gasteiger partial charge in [-0.25, -0.2) is 0 Å². The molecule has 4 nitrogen and oxygen atoms in total. The maximum Gasteiger partial charge on any atom is 0.120 e.